The molecule has 2 atom stereocenters. The van der Waals surface area contributed by atoms with Crippen LogP contribution in [0, 0.1) is 5.92 Å². The van der Waals surface area contributed by atoms with Crippen molar-refractivity contribution in [2.75, 3.05) is 26.7 Å². The Kier molecular flexibility index (Phi) is 6.94. The van der Waals surface area contributed by atoms with Crippen LogP contribution in [0.3, 0.4) is 0 Å². The van der Waals surface area contributed by atoms with Crippen molar-refractivity contribution in [2.24, 2.45) is 5.92 Å². The smallest absolute Gasteiger partial charge is 0.407 e. The van der Waals surface area contributed by atoms with Crippen molar-refractivity contribution < 1.29 is 9.53 Å². The Labute approximate surface area is 129 Å². The van der Waals surface area contributed by atoms with Gasteiger partial charge >= 0.3 is 6.09 Å². The van der Waals surface area contributed by atoms with E-state index in [1.807, 2.05) is 20.8 Å². The van der Waals surface area contributed by atoms with E-state index < -0.39 is 5.60 Å². The number of likely N-dealkylation sites (N-methyl/N-ethyl adjacent to an activating group) is 1. The van der Waals surface area contributed by atoms with Crippen LogP contribution < -0.4 is 10.6 Å². The third kappa shape index (κ3) is 7.67. The maximum atomic E-state index is 11.9. The number of piperidine rings is 1. The van der Waals surface area contributed by atoms with Gasteiger partial charge in [-0.1, -0.05) is 13.8 Å². The van der Waals surface area contributed by atoms with Crippen LogP contribution >= 0.6 is 0 Å². The van der Waals surface area contributed by atoms with E-state index in [0.29, 0.717) is 12.0 Å². The number of hydrogen-bond acceptors (Lipinski definition) is 4. The number of carbonyl (C=O) groups excluding carboxylic acids is 1. The number of hydrogen-bond donors (Lipinski definition) is 2. The van der Waals surface area contributed by atoms with E-state index in [0.717, 1.165) is 13.1 Å². The molecular formula is C16H33N3O2. The Morgan fingerprint density at radius 3 is 2.57 bits per heavy atom. The van der Waals surface area contributed by atoms with Crippen LogP contribution in [0.4, 0.5) is 4.79 Å². The van der Waals surface area contributed by atoms with Crippen molar-refractivity contribution in [2.45, 2.75) is 65.1 Å². The molecule has 2 unspecified atom stereocenters. The third-order valence-corrected chi connectivity index (χ3v) is 3.76. The fraction of sp³-hybridized carbons (Fsp3) is 0.938. The maximum absolute atomic E-state index is 11.9. The Bertz CT molecular complexity index is 326. The van der Waals surface area contributed by atoms with Gasteiger partial charge in [0.05, 0.1) is 0 Å². The Morgan fingerprint density at radius 2 is 2.05 bits per heavy atom. The Morgan fingerprint density at radius 1 is 1.38 bits per heavy atom. The molecule has 0 bridgehead atoms. The molecule has 0 aliphatic carbocycles. The SMILES string of the molecule is CC(C)C(CNC1CCCN(C)C1)NC(=O)OC(C)(C)C. The summed E-state index contributed by atoms with van der Waals surface area (Å²) >= 11 is 0. The molecule has 0 spiro atoms. The van der Waals surface area contributed by atoms with Crippen molar-refractivity contribution in [3.8, 4) is 0 Å². The first kappa shape index (κ1) is 18.2. The predicted octanol–water partition coefficient (Wildman–Crippen LogP) is 2.22. The number of nitrogens with zero attached hydrogens (tertiary/aromatic N) is 1. The first-order chi connectivity index (χ1) is 9.67. The highest BCUT2D eigenvalue weighted by Gasteiger charge is 2.23. The average molecular weight is 299 g/mol. The van der Waals surface area contributed by atoms with Gasteiger partial charge in [0.25, 0.3) is 0 Å². The van der Waals surface area contributed by atoms with E-state index in [2.05, 4.69) is 36.4 Å². The molecule has 1 aliphatic rings. The number of likely N-dealkylation sites (tertiary alicyclic amines) is 1. The molecule has 5 heteroatoms. The molecular weight excluding hydrogens is 266 g/mol. The topological polar surface area (TPSA) is 53.6 Å². The molecule has 1 heterocycles. The number of nitrogens with one attached hydrogen (secondary N) is 2. The van der Waals surface area contributed by atoms with E-state index in [1.54, 1.807) is 0 Å². The van der Waals surface area contributed by atoms with Gasteiger partial charge in [0.1, 0.15) is 5.60 Å². The molecule has 1 fully saturated rings. The molecule has 21 heavy (non-hydrogen) atoms. The van der Waals surface area contributed by atoms with Crippen molar-refractivity contribution in [3.05, 3.63) is 0 Å². The number of amides is 1. The minimum atomic E-state index is -0.453. The largest absolute Gasteiger partial charge is 0.444 e. The second kappa shape index (κ2) is 7.99. The summed E-state index contributed by atoms with van der Waals surface area (Å²) in [7, 11) is 2.16. The van der Waals surface area contributed by atoms with E-state index in [1.165, 1.54) is 19.4 Å². The molecule has 1 amide bonds. The van der Waals surface area contributed by atoms with Gasteiger partial charge < -0.3 is 20.3 Å². The van der Waals surface area contributed by atoms with Crippen LogP contribution in [0.1, 0.15) is 47.5 Å². The predicted molar refractivity (Wildman–Crippen MR) is 86.5 cm³/mol. The lowest BCUT2D eigenvalue weighted by molar-refractivity contribution is 0.0488. The van der Waals surface area contributed by atoms with Crippen LogP contribution in [0.2, 0.25) is 0 Å². The van der Waals surface area contributed by atoms with Gasteiger partial charge in [0, 0.05) is 25.2 Å². The molecule has 5 nitrogen and oxygen atoms in total. The molecule has 1 aliphatic heterocycles. The van der Waals surface area contributed by atoms with E-state index in [9.17, 15) is 4.79 Å². The summed E-state index contributed by atoms with van der Waals surface area (Å²) in [5, 5.41) is 6.58. The van der Waals surface area contributed by atoms with E-state index >= 15 is 0 Å². The fourth-order valence-corrected chi connectivity index (χ4v) is 2.54. The Hall–Kier alpha value is -0.810. The average Bonchev–Trinajstić information content (AvgIpc) is 2.32. The second-order valence-corrected chi connectivity index (χ2v) is 7.51. The van der Waals surface area contributed by atoms with Crippen LogP contribution in [0.5, 0.6) is 0 Å². The van der Waals surface area contributed by atoms with Crippen molar-refractivity contribution in [3.63, 3.8) is 0 Å². The summed E-state index contributed by atoms with van der Waals surface area (Å²) in [6, 6.07) is 0.609. The number of carbonyl (C=O) groups is 1. The minimum absolute atomic E-state index is 0.0899. The number of alkyl carbamates (subject to hydrolysis) is 1. The summed E-state index contributed by atoms with van der Waals surface area (Å²) < 4.78 is 5.34. The molecule has 0 aromatic heterocycles. The summed E-state index contributed by atoms with van der Waals surface area (Å²) in [5.74, 6) is 0.367. The quantitative estimate of drug-likeness (QED) is 0.817. The highest BCUT2D eigenvalue weighted by atomic mass is 16.6. The second-order valence-electron chi connectivity index (χ2n) is 7.51. The summed E-state index contributed by atoms with van der Waals surface area (Å²) in [6.07, 6.45) is 2.12. The maximum Gasteiger partial charge on any atom is 0.407 e. The number of rotatable bonds is 5. The molecule has 2 N–H and O–H groups in total. The van der Waals surface area contributed by atoms with Crippen molar-refractivity contribution >= 4 is 6.09 Å². The van der Waals surface area contributed by atoms with Crippen molar-refractivity contribution in [1.82, 2.24) is 15.5 Å². The number of ether oxygens (including phenoxy) is 1. The van der Waals surface area contributed by atoms with Gasteiger partial charge in [0.2, 0.25) is 0 Å². The molecule has 0 aromatic carbocycles. The highest BCUT2D eigenvalue weighted by molar-refractivity contribution is 5.68. The van der Waals surface area contributed by atoms with Crippen LogP contribution in [-0.4, -0.2) is 55.4 Å². The van der Waals surface area contributed by atoms with Gasteiger partial charge in [-0.15, -0.1) is 0 Å². The van der Waals surface area contributed by atoms with Gasteiger partial charge in [-0.25, -0.2) is 4.79 Å². The molecule has 124 valence electrons. The first-order valence-corrected chi connectivity index (χ1v) is 8.09. The van der Waals surface area contributed by atoms with Crippen LogP contribution in [-0.2, 0) is 4.74 Å². The first-order valence-electron chi connectivity index (χ1n) is 8.09. The van der Waals surface area contributed by atoms with Gasteiger partial charge in [-0.2, -0.15) is 0 Å². The fourth-order valence-electron chi connectivity index (χ4n) is 2.54. The van der Waals surface area contributed by atoms with Gasteiger partial charge in [0.15, 0.2) is 0 Å². The zero-order valence-corrected chi connectivity index (χ0v) is 14.5. The summed E-state index contributed by atoms with van der Waals surface area (Å²) in [4.78, 5) is 14.3. The lowest BCUT2D eigenvalue weighted by Gasteiger charge is -2.32. The minimum Gasteiger partial charge on any atom is -0.444 e. The summed E-state index contributed by atoms with van der Waals surface area (Å²) in [5.41, 5.74) is -0.453. The normalized spacial score (nSPS) is 22.1. The standard InChI is InChI=1S/C16H33N3O2/c1-12(2)14(18-15(20)21-16(3,4)5)10-17-13-8-7-9-19(6)11-13/h12-14,17H,7-11H2,1-6H3,(H,18,20). The molecule has 0 saturated carbocycles. The van der Waals surface area contributed by atoms with Crippen molar-refractivity contribution in [1.29, 1.82) is 0 Å². The zero-order chi connectivity index (χ0) is 16.0. The van der Waals surface area contributed by atoms with Gasteiger partial charge in [-0.3, -0.25) is 0 Å². The van der Waals surface area contributed by atoms with E-state index in [-0.39, 0.29) is 12.1 Å². The van der Waals surface area contributed by atoms with E-state index in [4.69, 9.17) is 4.74 Å². The molecule has 0 radical (unpaired) electrons. The monoisotopic (exact) mass is 299 g/mol. The summed E-state index contributed by atoms with van der Waals surface area (Å²) in [6.45, 7) is 12.9. The third-order valence-electron chi connectivity index (χ3n) is 3.76. The lowest BCUT2D eigenvalue weighted by Crippen LogP contribution is -2.51. The van der Waals surface area contributed by atoms with Crippen LogP contribution in [0.15, 0.2) is 0 Å². The Balaban J connectivity index is 2.41. The zero-order valence-electron chi connectivity index (χ0n) is 14.5. The van der Waals surface area contributed by atoms with Gasteiger partial charge in [-0.05, 0) is 53.1 Å². The molecule has 1 rings (SSSR count). The lowest BCUT2D eigenvalue weighted by atomic mass is 10.0. The van der Waals surface area contributed by atoms with Crippen LogP contribution in [0.25, 0.3) is 0 Å². The molecule has 1 saturated heterocycles. The molecule has 0 aromatic rings. The highest BCUT2D eigenvalue weighted by Crippen LogP contribution is 2.10.